The Morgan fingerprint density at radius 3 is 2.81 bits per heavy atom. The van der Waals surface area contributed by atoms with Gasteiger partial charge in [-0.3, -0.25) is 0 Å². The minimum absolute atomic E-state index is 0.316. The molecule has 0 unspecified atom stereocenters. The second-order valence-electron chi connectivity index (χ2n) is 3.92. The van der Waals surface area contributed by atoms with E-state index in [-0.39, 0.29) is 0 Å². The predicted octanol–water partition coefficient (Wildman–Crippen LogP) is 1.74. The Morgan fingerprint density at radius 1 is 1.31 bits per heavy atom. The van der Waals surface area contributed by atoms with Crippen LogP contribution in [0.15, 0.2) is 22.7 Å². The lowest BCUT2D eigenvalue weighted by molar-refractivity contribution is 0.379. The number of nitrogens with two attached hydrogens (primary N) is 1. The highest BCUT2D eigenvalue weighted by molar-refractivity contribution is 5.32. The van der Waals surface area contributed by atoms with Gasteiger partial charge in [0, 0.05) is 0 Å². The molecule has 0 radical (unpaired) electrons. The third kappa shape index (κ3) is 2.28. The molecule has 0 aliphatic heterocycles. The van der Waals surface area contributed by atoms with Crippen molar-refractivity contribution in [3.05, 3.63) is 46.6 Å². The van der Waals surface area contributed by atoms with E-state index in [1.165, 1.54) is 16.7 Å². The Morgan fingerprint density at radius 2 is 2.12 bits per heavy atom. The van der Waals surface area contributed by atoms with E-state index in [1.807, 2.05) is 0 Å². The lowest BCUT2D eigenvalue weighted by Gasteiger charge is -2.03. The quantitative estimate of drug-likeness (QED) is 0.850. The zero-order chi connectivity index (χ0) is 11.5. The Kier molecular flexibility index (Phi) is 3.01. The van der Waals surface area contributed by atoms with Crippen molar-refractivity contribution in [3.63, 3.8) is 0 Å². The van der Waals surface area contributed by atoms with Crippen molar-refractivity contribution in [1.29, 1.82) is 0 Å². The predicted molar refractivity (Wildman–Crippen MR) is 60.9 cm³/mol. The topological polar surface area (TPSA) is 64.9 Å². The second kappa shape index (κ2) is 4.45. The first-order valence-corrected chi connectivity index (χ1v) is 5.26. The molecule has 1 heterocycles. The summed E-state index contributed by atoms with van der Waals surface area (Å²) in [4.78, 5) is 4.19. The van der Waals surface area contributed by atoms with E-state index in [2.05, 4.69) is 42.2 Å². The maximum absolute atomic E-state index is 5.43. The SMILES string of the molecule is Cc1ccc(C)c(Cc2nc(CN)no2)c1. The summed E-state index contributed by atoms with van der Waals surface area (Å²) in [5, 5.41) is 3.77. The van der Waals surface area contributed by atoms with Crippen LogP contribution >= 0.6 is 0 Å². The number of benzene rings is 1. The van der Waals surface area contributed by atoms with Crippen molar-refractivity contribution in [2.45, 2.75) is 26.8 Å². The molecule has 0 atom stereocenters. The van der Waals surface area contributed by atoms with Gasteiger partial charge in [0.2, 0.25) is 5.89 Å². The van der Waals surface area contributed by atoms with E-state index in [1.54, 1.807) is 0 Å². The summed E-state index contributed by atoms with van der Waals surface area (Å²) in [6.45, 7) is 4.47. The number of hydrogen-bond acceptors (Lipinski definition) is 4. The average molecular weight is 217 g/mol. The van der Waals surface area contributed by atoms with E-state index in [4.69, 9.17) is 10.3 Å². The summed E-state index contributed by atoms with van der Waals surface area (Å²) in [5.41, 5.74) is 9.11. The van der Waals surface area contributed by atoms with Crippen LogP contribution in [0.2, 0.25) is 0 Å². The number of nitrogens with zero attached hydrogens (tertiary/aromatic N) is 2. The molecule has 0 bridgehead atoms. The second-order valence-corrected chi connectivity index (χ2v) is 3.92. The van der Waals surface area contributed by atoms with Crippen molar-refractivity contribution in [2.24, 2.45) is 5.73 Å². The Labute approximate surface area is 94.5 Å². The maximum Gasteiger partial charge on any atom is 0.231 e. The zero-order valence-electron chi connectivity index (χ0n) is 9.53. The van der Waals surface area contributed by atoms with E-state index in [0.717, 1.165) is 0 Å². The fourth-order valence-electron chi connectivity index (χ4n) is 1.60. The normalized spacial score (nSPS) is 10.7. The molecule has 0 fully saturated rings. The molecule has 0 aliphatic rings. The molecule has 84 valence electrons. The molecule has 2 aromatic rings. The van der Waals surface area contributed by atoms with Crippen LogP contribution in [0.3, 0.4) is 0 Å². The molecule has 2 rings (SSSR count). The molecule has 0 amide bonds. The number of aromatic nitrogens is 2. The highest BCUT2D eigenvalue weighted by Crippen LogP contribution is 2.14. The summed E-state index contributed by atoms with van der Waals surface area (Å²) in [6, 6.07) is 6.34. The minimum atomic E-state index is 0.316. The molecule has 16 heavy (non-hydrogen) atoms. The molecule has 0 spiro atoms. The average Bonchev–Trinajstić information content (AvgIpc) is 2.71. The van der Waals surface area contributed by atoms with E-state index >= 15 is 0 Å². The molecule has 4 heteroatoms. The minimum Gasteiger partial charge on any atom is -0.339 e. The Hall–Kier alpha value is -1.68. The molecule has 1 aromatic carbocycles. The van der Waals surface area contributed by atoms with Crippen LogP contribution in [0.1, 0.15) is 28.4 Å². The fourth-order valence-corrected chi connectivity index (χ4v) is 1.60. The first kappa shape index (κ1) is 10.8. The van der Waals surface area contributed by atoms with E-state index < -0.39 is 0 Å². The van der Waals surface area contributed by atoms with Gasteiger partial charge >= 0.3 is 0 Å². The molecule has 0 aliphatic carbocycles. The highest BCUT2D eigenvalue weighted by Gasteiger charge is 2.07. The smallest absolute Gasteiger partial charge is 0.231 e. The molecule has 4 nitrogen and oxygen atoms in total. The van der Waals surface area contributed by atoms with Crippen LogP contribution in [-0.4, -0.2) is 10.1 Å². The third-order valence-electron chi connectivity index (χ3n) is 2.54. The number of rotatable bonds is 3. The monoisotopic (exact) mass is 217 g/mol. The van der Waals surface area contributed by atoms with Gasteiger partial charge in [0.25, 0.3) is 0 Å². The van der Waals surface area contributed by atoms with Crippen molar-refractivity contribution < 1.29 is 4.52 Å². The van der Waals surface area contributed by atoms with Gasteiger partial charge in [-0.05, 0) is 25.0 Å². The van der Waals surface area contributed by atoms with Crippen LogP contribution < -0.4 is 5.73 Å². The van der Waals surface area contributed by atoms with Crippen molar-refractivity contribution >= 4 is 0 Å². The summed E-state index contributed by atoms with van der Waals surface area (Å²) in [6.07, 6.45) is 0.667. The fraction of sp³-hybridized carbons (Fsp3) is 0.333. The van der Waals surface area contributed by atoms with Crippen LogP contribution in [0, 0.1) is 13.8 Å². The summed E-state index contributed by atoms with van der Waals surface area (Å²) in [7, 11) is 0. The van der Waals surface area contributed by atoms with Gasteiger partial charge in [-0.15, -0.1) is 0 Å². The molecule has 1 aromatic heterocycles. The van der Waals surface area contributed by atoms with Gasteiger partial charge in [0.1, 0.15) is 0 Å². The van der Waals surface area contributed by atoms with E-state index in [9.17, 15) is 0 Å². The summed E-state index contributed by atoms with van der Waals surface area (Å²) in [5.74, 6) is 1.18. The molecule has 0 saturated heterocycles. The van der Waals surface area contributed by atoms with Gasteiger partial charge < -0.3 is 10.3 Å². The van der Waals surface area contributed by atoms with Crippen LogP contribution in [0.4, 0.5) is 0 Å². The van der Waals surface area contributed by atoms with Gasteiger partial charge in [-0.1, -0.05) is 28.9 Å². The number of hydrogen-bond donors (Lipinski definition) is 1. The summed E-state index contributed by atoms with van der Waals surface area (Å²) < 4.78 is 5.11. The van der Waals surface area contributed by atoms with Crippen LogP contribution in [-0.2, 0) is 13.0 Å². The largest absolute Gasteiger partial charge is 0.339 e. The maximum atomic E-state index is 5.43. The zero-order valence-corrected chi connectivity index (χ0v) is 9.53. The Balaban J connectivity index is 2.22. The third-order valence-corrected chi connectivity index (χ3v) is 2.54. The van der Waals surface area contributed by atoms with Crippen molar-refractivity contribution in [1.82, 2.24) is 10.1 Å². The van der Waals surface area contributed by atoms with Gasteiger partial charge in [0.05, 0.1) is 13.0 Å². The van der Waals surface area contributed by atoms with Gasteiger partial charge in [0.15, 0.2) is 5.82 Å². The molecule has 2 N–H and O–H groups in total. The van der Waals surface area contributed by atoms with E-state index in [0.29, 0.717) is 24.7 Å². The summed E-state index contributed by atoms with van der Waals surface area (Å²) >= 11 is 0. The first-order chi connectivity index (χ1) is 7.69. The molecular formula is C12H15N3O. The number of aryl methyl sites for hydroxylation is 2. The first-order valence-electron chi connectivity index (χ1n) is 5.26. The van der Waals surface area contributed by atoms with Crippen LogP contribution in [0.25, 0.3) is 0 Å². The lowest BCUT2D eigenvalue weighted by atomic mass is 10.0. The van der Waals surface area contributed by atoms with Crippen molar-refractivity contribution in [2.75, 3.05) is 0 Å². The Bertz CT molecular complexity index is 491. The van der Waals surface area contributed by atoms with Crippen molar-refractivity contribution in [3.8, 4) is 0 Å². The molecule has 0 saturated carbocycles. The lowest BCUT2D eigenvalue weighted by Crippen LogP contribution is -1.99. The van der Waals surface area contributed by atoms with Gasteiger partial charge in [-0.25, -0.2) is 0 Å². The van der Waals surface area contributed by atoms with Gasteiger partial charge in [-0.2, -0.15) is 4.98 Å². The highest BCUT2D eigenvalue weighted by atomic mass is 16.5. The molecular weight excluding hydrogens is 202 g/mol. The standard InChI is InChI=1S/C12H15N3O/c1-8-3-4-9(2)10(5-8)6-12-14-11(7-13)15-16-12/h3-5H,6-7,13H2,1-2H3. The van der Waals surface area contributed by atoms with Crippen LogP contribution in [0.5, 0.6) is 0 Å².